The van der Waals surface area contributed by atoms with Gasteiger partial charge in [0.15, 0.2) is 0 Å². The van der Waals surface area contributed by atoms with Gasteiger partial charge in [-0.2, -0.15) is 0 Å². The number of sulfonamides is 1. The Morgan fingerprint density at radius 1 is 0.975 bits per heavy atom. The van der Waals surface area contributed by atoms with Crippen molar-refractivity contribution in [3.05, 3.63) is 101 Å². The molecule has 0 aliphatic heterocycles. The largest absolute Gasteiger partial charge is 0.352 e. The second-order valence-electron chi connectivity index (χ2n) is 10.1. The van der Waals surface area contributed by atoms with Crippen LogP contribution in [0.25, 0.3) is 0 Å². The molecule has 0 heterocycles. The van der Waals surface area contributed by atoms with E-state index < -0.39 is 34.3 Å². The van der Waals surface area contributed by atoms with Crippen molar-refractivity contribution in [1.82, 2.24) is 10.2 Å². The summed E-state index contributed by atoms with van der Waals surface area (Å²) in [5, 5.41) is 3.57. The van der Waals surface area contributed by atoms with E-state index in [9.17, 15) is 22.4 Å². The first-order chi connectivity index (χ1) is 19.1. The highest BCUT2D eigenvalue weighted by atomic mass is 35.5. The van der Waals surface area contributed by atoms with Crippen LogP contribution >= 0.6 is 11.6 Å². The van der Waals surface area contributed by atoms with Crippen molar-refractivity contribution in [1.29, 1.82) is 0 Å². The molecule has 1 N–H and O–H groups in total. The zero-order valence-electron chi connectivity index (χ0n) is 22.3. The van der Waals surface area contributed by atoms with E-state index in [1.165, 1.54) is 23.1 Å². The van der Waals surface area contributed by atoms with Crippen molar-refractivity contribution in [2.75, 3.05) is 17.1 Å². The van der Waals surface area contributed by atoms with E-state index in [2.05, 4.69) is 5.32 Å². The lowest BCUT2D eigenvalue weighted by atomic mass is 10.0. The maximum Gasteiger partial charge on any atom is 0.244 e. The van der Waals surface area contributed by atoms with Gasteiger partial charge in [0.05, 0.1) is 11.9 Å². The number of benzene rings is 3. The Bertz CT molecular complexity index is 1430. The highest BCUT2D eigenvalue weighted by Gasteiger charge is 2.34. The first-order valence-corrected chi connectivity index (χ1v) is 15.4. The molecule has 0 spiro atoms. The summed E-state index contributed by atoms with van der Waals surface area (Å²) in [5.41, 5.74) is 1.27. The van der Waals surface area contributed by atoms with Crippen LogP contribution in [0.3, 0.4) is 0 Å². The summed E-state index contributed by atoms with van der Waals surface area (Å²) in [6.45, 7) is -0.674. The Labute approximate surface area is 240 Å². The first kappa shape index (κ1) is 29.6. The zero-order valence-corrected chi connectivity index (χ0v) is 23.9. The Balaban J connectivity index is 1.73. The number of hydrogen-bond acceptors (Lipinski definition) is 4. The Hall–Kier alpha value is -3.43. The fourth-order valence-corrected chi connectivity index (χ4v) is 6.07. The van der Waals surface area contributed by atoms with Gasteiger partial charge in [0.2, 0.25) is 21.8 Å². The van der Waals surface area contributed by atoms with Crippen molar-refractivity contribution in [3.8, 4) is 0 Å². The predicted octanol–water partition coefficient (Wildman–Crippen LogP) is 4.94. The van der Waals surface area contributed by atoms with Crippen LogP contribution in [0.1, 0.15) is 36.8 Å². The molecular weight excluding hydrogens is 553 g/mol. The Kier molecular flexibility index (Phi) is 9.81. The van der Waals surface area contributed by atoms with Crippen LogP contribution in [0, 0.1) is 5.82 Å². The van der Waals surface area contributed by atoms with Crippen molar-refractivity contribution in [2.24, 2.45) is 0 Å². The van der Waals surface area contributed by atoms with E-state index in [0.29, 0.717) is 10.6 Å². The summed E-state index contributed by atoms with van der Waals surface area (Å²) in [5.74, 6) is -1.74. The van der Waals surface area contributed by atoms with Crippen LogP contribution < -0.4 is 9.62 Å². The van der Waals surface area contributed by atoms with Crippen LogP contribution in [-0.4, -0.2) is 50.0 Å². The molecule has 0 radical (unpaired) electrons. The minimum atomic E-state index is -4.05. The van der Waals surface area contributed by atoms with E-state index in [-0.39, 0.29) is 30.6 Å². The molecule has 10 heteroatoms. The third-order valence-corrected chi connectivity index (χ3v) is 8.38. The molecule has 1 fully saturated rings. The lowest BCUT2D eigenvalue weighted by Gasteiger charge is -2.34. The molecule has 212 valence electrons. The summed E-state index contributed by atoms with van der Waals surface area (Å²) in [4.78, 5) is 29.2. The summed E-state index contributed by atoms with van der Waals surface area (Å²) in [6, 6.07) is 20.7. The lowest BCUT2D eigenvalue weighted by molar-refractivity contribution is -0.140. The first-order valence-electron chi connectivity index (χ1n) is 13.2. The molecule has 0 saturated heterocycles. The third-order valence-electron chi connectivity index (χ3n) is 7.01. The van der Waals surface area contributed by atoms with E-state index in [1.807, 2.05) is 30.3 Å². The molecule has 7 nitrogen and oxygen atoms in total. The van der Waals surface area contributed by atoms with Gasteiger partial charge in [-0.25, -0.2) is 12.8 Å². The fourth-order valence-electron chi connectivity index (χ4n) is 5.00. The number of hydrogen-bond donors (Lipinski definition) is 1. The number of amides is 2. The maximum absolute atomic E-state index is 14.7. The molecule has 1 aliphatic rings. The molecule has 3 aromatic rings. The van der Waals surface area contributed by atoms with Gasteiger partial charge in [0.1, 0.15) is 18.4 Å². The average Bonchev–Trinajstić information content (AvgIpc) is 3.43. The summed E-state index contributed by atoms with van der Waals surface area (Å²) >= 11 is 6.22. The van der Waals surface area contributed by atoms with Crippen LogP contribution in [0.2, 0.25) is 5.02 Å². The van der Waals surface area contributed by atoms with Gasteiger partial charge in [-0.05, 0) is 48.2 Å². The molecule has 0 unspecified atom stereocenters. The number of nitrogens with zero attached hydrogens (tertiary/aromatic N) is 2. The second kappa shape index (κ2) is 13.3. The number of rotatable bonds is 11. The van der Waals surface area contributed by atoms with E-state index >= 15 is 0 Å². The van der Waals surface area contributed by atoms with E-state index in [0.717, 1.165) is 47.9 Å². The van der Waals surface area contributed by atoms with Crippen molar-refractivity contribution in [3.63, 3.8) is 0 Å². The molecule has 4 rings (SSSR count). The van der Waals surface area contributed by atoms with Crippen LogP contribution in [0.5, 0.6) is 0 Å². The van der Waals surface area contributed by atoms with Crippen molar-refractivity contribution < 1.29 is 22.4 Å². The molecule has 3 aromatic carbocycles. The normalized spacial score (nSPS) is 14.5. The molecule has 2 amide bonds. The quantitative estimate of drug-likeness (QED) is 0.345. The van der Waals surface area contributed by atoms with Gasteiger partial charge in [0.25, 0.3) is 0 Å². The summed E-state index contributed by atoms with van der Waals surface area (Å²) in [7, 11) is -4.05. The van der Waals surface area contributed by atoms with Gasteiger partial charge < -0.3 is 10.2 Å². The van der Waals surface area contributed by atoms with Crippen LogP contribution in [0.15, 0.2) is 78.9 Å². The standard InChI is InChI=1S/C30H33ClFN3O4S/c1-40(38,39)35(27-17-8-7-16-26(27)32)21-29(36)34(20-23-12-9-13-24(31)18-23)28(19-22-10-3-2-4-11-22)30(37)33-25-14-5-6-15-25/h2-4,7-13,16-18,25,28H,5-6,14-15,19-21H2,1H3,(H,33,37)/t28-/m1/s1. The molecule has 0 aromatic heterocycles. The SMILES string of the molecule is CS(=O)(=O)N(CC(=O)N(Cc1cccc(Cl)c1)[C@H](Cc1ccccc1)C(=O)NC1CCCC1)c1ccccc1F. The number of anilines is 1. The topological polar surface area (TPSA) is 86.8 Å². The van der Waals surface area contributed by atoms with Crippen LogP contribution in [-0.2, 0) is 32.6 Å². The van der Waals surface area contributed by atoms with Crippen LogP contribution in [0.4, 0.5) is 10.1 Å². The highest BCUT2D eigenvalue weighted by Crippen LogP contribution is 2.24. The zero-order chi connectivity index (χ0) is 28.7. The number of para-hydroxylation sites is 1. The number of halogens is 2. The van der Waals surface area contributed by atoms with E-state index in [4.69, 9.17) is 11.6 Å². The van der Waals surface area contributed by atoms with Gasteiger partial charge in [-0.3, -0.25) is 13.9 Å². The van der Waals surface area contributed by atoms with Crippen molar-refractivity contribution in [2.45, 2.75) is 50.7 Å². The third kappa shape index (κ3) is 7.82. The number of carbonyl (C=O) groups excluding carboxylic acids is 2. The second-order valence-corrected chi connectivity index (χ2v) is 12.4. The predicted molar refractivity (Wildman–Crippen MR) is 155 cm³/mol. The molecule has 0 bridgehead atoms. The number of nitrogens with one attached hydrogen (secondary N) is 1. The lowest BCUT2D eigenvalue weighted by Crippen LogP contribution is -2.54. The minimum absolute atomic E-state index is 0.00382. The average molecular weight is 586 g/mol. The highest BCUT2D eigenvalue weighted by molar-refractivity contribution is 7.92. The van der Waals surface area contributed by atoms with Gasteiger partial charge >= 0.3 is 0 Å². The molecule has 1 aliphatic carbocycles. The van der Waals surface area contributed by atoms with Gasteiger partial charge in [0, 0.05) is 24.0 Å². The monoisotopic (exact) mass is 585 g/mol. The van der Waals surface area contributed by atoms with Crippen molar-refractivity contribution >= 4 is 39.1 Å². The minimum Gasteiger partial charge on any atom is -0.352 e. The van der Waals surface area contributed by atoms with E-state index in [1.54, 1.807) is 24.3 Å². The Morgan fingerprint density at radius 3 is 2.27 bits per heavy atom. The molecule has 1 saturated carbocycles. The number of carbonyl (C=O) groups is 2. The fraction of sp³-hybridized carbons (Fsp3) is 0.333. The molecule has 40 heavy (non-hydrogen) atoms. The summed E-state index contributed by atoms with van der Waals surface area (Å²) < 4.78 is 41.0. The Morgan fingerprint density at radius 2 is 1.62 bits per heavy atom. The van der Waals surface area contributed by atoms with Gasteiger partial charge in [-0.1, -0.05) is 79.0 Å². The smallest absolute Gasteiger partial charge is 0.244 e. The maximum atomic E-state index is 14.7. The molecule has 1 atom stereocenters. The van der Waals surface area contributed by atoms with Gasteiger partial charge in [-0.15, -0.1) is 0 Å². The summed E-state index contributed by atoms with van der Waals surface area (Å²) in [6.07, 6.45) is 4.89. The molecular formula is C30H33ClFN3O4S.